The van der Waals surface area contributed by atoms with E-state index < -0.39 is 5.41 Å². The Kier molecular flexibility index (Phi) is 11.1. The minimum Gasteiger partial charge on any atom is -0.310 e. The number of hydrogen-bond donors (Lipinski definition) is 0. The maximum atomic E-state index is 2.47. The van der Waals surface area contributed by atoms with Crippen molar-refractivity contribution in [2.24, 2.45) is 0 Å². The topological polar surface area (TPSA) is 6.48 Å². The van der Waals surface area contributed by atoms with Crippen molar-refractivity contribution in [1.82, 2.24) is 0 Å². The van der Waals surface area contributed by atoms with Gasteiger partial charge in [0, 0.05) is 34.1 Å². The van der Waals surface area contributed by atoms with Gasteiger partial charge in [-0.05, 0) is 144 Å². The first-order valence-corrected chi connectivity index (χ1v) is 25.2. The Bertz CT molecular complexity index is 3810. The van der Waals surface area contributed by atoms with E-state index in [-0.39, 0.29) is 0 Å². The number of hydrogen-bond acceptors (Lipinski definition) is 2. The summed E-state index contributed by atoms with van der Waals surface area (Å²) < 4.78 is 0. The molecule has 0 unspecified atom stereocenters. The van der Waals surface area contributed by atoms with Gasteiger partial charge < -0.3 is 9.80 Å². The van der Waals surface area contributed by atoms with Crippen LogP contribution in [0.4, 0.5) is 34.1 Å². The Hall–Kier alpha value is -9.50. The zero-order valence-electron chi connectivity index (χ0n) is 40.3. The summed E-state index contributed by atoms with van der Waals surface area (Å²) in [5, 5.41) is 2.44. The summed E-state index contributed by atoms with van der Waals surface area (Å²) >= 11 is 0. The summed E-state index contributed by atoms with van der Waals surface area (Å²) in [7, 11) is 0. The Labute approximate surface area is 428 Å². The van der Waals surface area contributed by atoms with Crippen LogP contribution in [0.2, 0.25) is 0 Å². The van der Waals surface area contributed by atoms with Gasteiger partial charge in [-0.3, -0.25) is 0 Å². The molecular weight excluding hydrogens is 881 g/mol. The molecular formula is C71H50N2. The predicted octanol–water partition coefficient (Wildman–Crippen LogP) is 19.1. The van der Waals surface area contributed by atoms with Gasteiger partial charge in [0.2, 0.25) is 0 Å². The minimum absolute atomic E-state index is 0.563. The lowest BCUT2D eigenvalue weighted by atomic mass is 9.67. The smallest absolute Gasteiger partial charge is 0.0714 e. The van der Waals surface area contributed by atoms with Gasteiger partial charge in [0.05, 0.1) is 5.41 Å². The minimum atomic E-state index is -0.563. The molecule has 2 nitrogen and oxygen atoms in total. The maximum absolute atomic E-state index is 2.47. The number of benzene rings is 12. The highest BCUT2D eigenvalue weighted by Crippen LogP contribution is 2.57. The van der Waals surface area contributed by atoms with E-state index in [4.69, 9.17) is 0 Å². The standard InChI is InChI=1S/C71H50N2/c1-7-26-52(27-8-1)70-63-39-20-19-25-51(63)43-45-67(70)64-40-22-21-38-62(64)53-47-60(72(56-32-13-4-14-33-56)57-34-15-5-16-35-57)49-61(48-53)73(58-36-17-6-18-37-58)59-44-46-66-65-41-23-24-42-68(65)71(69(66)50-59,54-28-9-2-10-29-54)55-30-11-3-12-31-55/h1-50H. The molecule has 0 heterocycles. The summed E-state index contributed by atoms with van der Waals surface area (Å²) in [6.45, 7) is 0. The molecule has 0 saturated heterocycles. The van der Waals surface area contributed by atoms with Crippen molar-refractivity contribution in [1.29, 1.82) is 0 Å². The first-order valence-electron chi connectivity index (χ1n) is 25.2. The van der Waals surface area contributed by atoms with Crippen LogP contribution in [0, 0.1) is 0 Å². The molecule has 13 rings (SSSR count). The molecule has 0 bridgehead atoms. The van der Waals surface area contributed by atoms with Crippen molar-refractivity contribution in [2.75, 3.05) is 9.80 Å². The molecule has 0 aliphatic heterocycles. The van der Waals surface area contributed by atoms with Crippen LogP contribution in [0.3, 0.4) is 0 Å². The van der Waals surface area contributed by atoms with Crippen LogP contribution in [0.1, 0.15) is 22.3 Å². The molecule has 344 valence electrons. The highest BCUT2D eigenvalue weighted by atomic mass is 15.2. The second-order valence-corrected chi connectivity index (χ2v) is 18.8. The Morgan fingerprint density at radius 2 is 0.671 bits per heavy atom. The number of rotatable bonds is 11. The molecule has 0 fully saturated rings. The van der Waals surface area contributed by atoms with Gasteiger partial charge in [0.15, 0.2) is 0 Å². The van der Waals surface area contributed by atoms with E-state index in [1.165, 1.54) is 66.4 Å². The molecule has 1 aliphatic rings. The average Bonchev–Trinajstić information content (AvgIpc) is 3.77. The zero-order valence-corrected chi connectivity index (χ0v) is 40.3. The van der Waals surface area contributed by atoms with Gasteiger partial charge in [-0.25, -0.2) is 0 Å². The quantitative estimate of drug-likeness (QED) is 0.128. The maximum Gasteiger partial charge on any atom is 0.0714 e. The van der Waals surface area contributed by atoms with E-state index in [2.05, 4.69) is 313 Å². The largest absolute Gasteiger partial charge is 0.310 e. The van der Waals surface area contributed by atoms with Crippen LogP contribution < -0.4 is 9.80 Å². The normalized spacial score (nSPS) is 12.2. The SMILES string of the molecule is c1ccc(-c2c(-c3ccccc3-c3cc(N(c4ccccc4)c4ccccc4)cc(N(c4ccccc4)c4ccc5c(c4)C(c4ccccc4)(c4ccccc4)c4ccccc4-5)c3)ccc3ccccc23)cc1. The third kappa shape index (κ3) is 7.60. The highest BCUT2D eigenvalue weighted by molar-refractivity contribution is 6.06. The van der Waals surface area contributed by atoms with Gasteiger partial charge in [-0.15, -0.1) is 0 Å². The van der Waals surface area contributed by atoms with E-state index in [0.29, 0.717) is 0 Å². The molecule has 0 amide bonds. The van der Waals surface area contributed by atoms with Crippen LogP contribution in [0.25, 0.3) is 55.3 Å². The lowest BCUT2D eigenvalue weighted by molar-refractivity contribution is 0.768. The number of nitrogens with zero attached hydrogens (tertiary/aromatic N) is 2. The molecule has 1 aliphatic carbocycles. The second kappa shape index (κ2) is 18.7. The van der Waals surface area contributed by atoms with Crippen LogP contribution in [-0.4, -0.2) is 0 Å². The number of fused-ring (bicyclic) bond motifs is 4. The van der Waals surface area contributed by atoms with Crippen LogP contribution in [0.5, 0.6) is 0 Å². The molecule has 73 heavy (non-hydrogen) atoms. The summed E-state index contributed by atoms with van der Waals surface area (Å²) in [5.41, 5.74) is 20.3. The van der Waals surface area contributed by atoms with Gasteiger partial charge in [0.1, 0.15) is 0 Å². The van der Waals surface area contributed by atoms with Gasteiger partial charge in [-0.1, -0.05) is 237 Å². The molecule has 0 N–H and O–H groups in total. The monoisotopic (exact) mass is 930 g/mol. The van der Waals surface area contributed by atoms with Crippen molar-refractivity contribution in [3.05, 3.63) is 326 Å². The fourth-order valence-corrected chi connectivity index (χ4v) is 11.6. The number of anilines is 6. The first-order chi connectivity index (χ1) is 36.2. The van der Waals surface area contributed by atoms with Gasteiger partial charge in [0.25, 0.3) is 0 Å². The fourth-order valence-electron chi connectivity index (χ4n) is 11.6. The van der Waals surface area contributed by atoms with E-state index >= 15 is 0 Å². The van der Waals surface area contributed by atoms with Crippen molar-refractivity contribution in [2.45, 2.75) is 5.41 Å². The molecule has 12 aromatic rings. The molecule has 2 heteroatoms. The van der Waals surface area contributed by atoms with Crippen molar-refractivity contribution in [3.63, 3.8) is 0 Å². The average molecular weight is 931 g/mol. The molecule has 12 aromatic carbocycles. The summed E-state index contributed by atoms with van der Waals surface area (Å²) in [6, 6.07) is 111. The molecule has 0 atom stereocenters. The van der Waals surface area contributed by atoms with E-state index in [1.54, 1.807) is 0 Å². The lowest BCUT2D eigenvalue weighted by Crippen LogP contribution is -2.28. The van der Waals surface area contributed by atoms with Crippen molar-refractivity contribution in [3.8, 4) is 44.5 Å². The predicted molar refractivity (Wildman–Crippen MR) is 307 cm³/mol. The Balaban J connectivity index is 1.09. The van der Waals surface area contributed by atoms with Crippen molar-refractivity contribution >= 4 is 44.9 Å². The molecule has 0 aromatic heterocycles. The summed E-state index contributed by atoms with van der Waals surface area (Å²) in [6.07, 6.45) is 0. The number of para-hydroxylation sites is 3. The second-order valence-electron chi connectivity index (χ2n) is 18.8. The fraction of sp³-hybridized carbons (Fsp3) is 0.0141. The van der Waals surface area contributed by atoms with Crippen LogP contribution in [0.15, 0.2) is 303 Å². The Morgan fingerprint density at radius 1 is 0.233 bits per heavy atom. The first kappa shape index (κ1) is 43.5. The van der Waals surface area contributed by atoms with E-state index in [0.717, 1.165) is 45.3 Å². The zero-order chi connectivity index (χ0) is 48.6. The lowest BCUT2D eigenvalue weighted by Gasteiger charge is -2.35. The van der Waals surface area contributed by atoms with E-state index in [9.17, 15) is 0 Å². The highest BCUT2D eigenvalue weighted by Gasteiger charge is 2.46. The third-order valence-electron chi connectivity index (χ3n) is 14.7. The van der Waals surface area contributed by atoms with Gasteiger partial charge in [-0.2, -0.15) is 0 Å². The van der Waals surface area contributed by atoms with Crippen LogP contribution in [-0.2, 0) is 5.41 Å². The molecule has 0 radical (unpaired) electrons. The van der Waals surface area contributed by atoms with Crippen LogP contribution >= 0.6 is 0 Å². The summed E-state index contributed by atoms with van der Waals surface area (Å²) in [5.74, 6) is 0. The van der Waals surface area contributed by atoms with Crippen molar-refractivity contribution < 1.29 is 0 Å². The molecule has 0 saturated carbocycles. The Morgan fingerprint density at radius 3 is 1.26 bits per heavy atom. The molecule has 0 spiro atoms. The summed E-state index contributed by atoms with van der Waals surface area (Å²) in [4.78, 5) is 4.85. The van der Waals surface area contributed by atoms with E-state index in [1.807, 2.05) is 0 Å². The third-order valence-corrected chi connectivity index (χ3v) is 14.7. The van der Waals surface area contributed by atoms with Gasteiger partial charge >= 0.3 is 0 Å².